The van der Waals surface area contributed by atoms with E-state index in [4.69, 9.17) is 4.74 Å². The predicted molar refractivity (Wildman–Crippen MR) is 124 cm³/mol. The molecular formula is C25H30N4O2. The second-order valence-corrected chi connectivity index (χ2v) is 7.98. The van der Waals surface area contributed by atoms with E-state index in [-0.39, 0.29) is 5.91 Å². The summed E-state index contributed by atoms with van der Waals surface area (Å²) in [5, 5.41) is 7.33. The van der Waals surface area contributed by atoms with E-state index in [0.717, 1.165) is 42.9 Å². The molecule has 0 aliphatic carbocycles. The van der Waals surface area contributed by atoms with Crippen LogP contribution in [0.1, 0.15) is 35.8 Å². The van der Waals surface area contributed by atoms with E-state index in [0.29, 0.717) is 25.4 Å². The number of benzene rings is 2. The van der Waals surface area contributed by atoms with Crippen LogP contribution < -0.4 is 9.64 Å². The minimum Gasteiger partial charge on any atom is -0.493 e. The number of carbonyl (C=O) groups excluding carboxylic acids is 1. The summed E-state index contributed by atoms with van der Waals surface area (Å²) < 4.78 is 5.92. The molecule has 0 atom stereocenters. The van der Waals surface area contributed by atoms with Crippen molar-refractivity contribution in [2.24, 2.45) is 0 Å². The zero-order valence-corrected chi connectivity index (χ0v) is 18.3. The molecule has 3 aromatic rings. The first-order valence-corrected chi connectivity index (χ1v) is 11.0. The Bertz CT molecular complexity index is 1000. The monoisotopic (exact) mass is 418 g/mol. The number of aromatic nitrogens is 2. The Balaban J connectivity index is 1.41. The standard InChI is InChI=1S/C25H30N4O2/c1-3-4-17-31-24-8-6-5-7-21(24)22-18-23(27-26-22)25(30)29-15-13-28(14-16-29)20-11-9-19(2)10-12-20/h5-12,18H,3-4,13-17H2,1-2H3,(H,26,27). The van der Waals surface area contributed by atoms with Crippen LogP contribution >= 0.6 is 0 Å². The highest BCUT2D eigenvalue weighted by atomic mass is 16.5. The van der Waals surface area contributed by atoms with Crippen LogP contribution in [0.15, 0.2) is 54.6 Å². The van der Waals surface area contributed by atoms with Gasteiger partial charge in [0.05, 0.1) is 12.3 Å². The summed E-state index contributed by atoms with van der Waals surface area (Å²) in [4.78, 5) is 17.3. The molecule has 2 heterocycles. The van der Waals surface area contributed by atoms with Gasteiger partial charge in [-0.3, -0.25) is 9.89 Å². The molecule has 162 valence electrons. The maximum Gasteiger partial charge on any atom is 0.272 e. The van der Waals surface area contributed by atoms with Crippen molar-refractivity contribution in [1.82, 2.24) is 15.1 Å². The molecule has 0 spiro atoms. The number of nitrogens with one attached hydrogen (secondary N) is 1. The number of nitrogens with zero attached hydrogens (tertiary/aromatic N) is 3. The molecule has 6 nitrogen and oxygen atoms in total. The number of amides is 1. The highest BCUT2D eigenvalue weighted by Gasteiger charge is 2.24. The fourth-order valence-corrected chi connectivity index (χ4v) is 3.79. The molecule has 1 aliphatic rings. The number of hydrogen-bond donors (Lipinski definition) is 1. The van der Waals surface area contributed by atoms with Gasteiger partial charge in [-0.15, -0.1) is 0 Å². The molecule has 1 aromatic heterocycles. The maximum absolute atomic E-state index is 13.0. The van der Waals surface area contributed by atoms with Gasteiger partial charge in [0.25, 0.3) is 5.91 Å². The van der Waals surface area contributed by atoms with E-state index in [1.807, 2.05) is 35.2 Å². The van der Waals surface area contributed by atoms with Crippen LogP contribution in [0.5, 0.6) is 5.75 Å². The average molecular weight is 419 g/mol. The summed E-state index contributed by atoms with van der Waals surface area (Å²) in [7, 11) is 0. The smallest absolute Gasteiger partial charge is 0.272 e. The first kappa shape index (κ1) is 21.0. The minimum atomic E-state index is -0.00770. The lowest BCUT2D eigenvalue weighted by atomic mass is 10.1. The molecule has 4 rings (SSSR count). The van der Waals surface area contributed by atoms with Gasteiger partial charge in [0, 0.05) is 37.4 Å². The van der Waals surface area contributed by atoms with Gasteiger partial charge in [0.1, 0.15) is 11.4 Å². The Morgan fingerprint density at radius 2 is 1.81 bits per heavy atom. The summed E-state index contributed by atoms with van der Waals surface area (Å²) in [6, 6.07) is 18.2. The molecule has 6 heteroatoms. The molecule has 1 fully saturated rings. The Hall–Kier alpha value is -3.28. The summed E-state index contributed by atoms with van der Waals surface area (Å²) >= 11 is 0. The van der Waals surface area contributed by atoms with E-state index >= 15 is 0 Å². The van der Waals surface area contributed by atoms with Crippen molar-refractivity contribution in [1.29, 1.82) is 0 Å². The first-order valence-electron chi connectivity index (χ1n) is 11.0. The number of H-pyrrole nitrogens is 1. The SMILES string of the molecule is CCCCOc1ccccc1-c1cc(C(=O)N2CCN(c3ccc(C)cc3)CC2)[nH]n1. The average Bonchev–Trinajstić information content (AvgIpc) is 3.30. The molecule has 1 amide bonds. The molecule has 31 heavy (non-hydrogen) atoms. The molecule has 0 radical (unpaired) electrons. The highest BCUT2D eigenvalue weighted by molar-refractivity contribution is 5.93. The van der Waals surface area contributed by atoms with E-state index in [9.17, 15) is 4.79 Å². The normalized spacial score (nSPS) is 14.0. The Labute approximate surface area is 183 Å². The van der Waals surface area contributed by atoms with Gasteiger partial charge in [0.2, 0.25) is 0 Å². The van der Waals surface area contributed by atoms with Crippen molar-refractivity contribution in [3.05, 3.63) is 65.9 Å². The lowest BCUT2D eigenvalue weighted by Crippen LogP contribution is -2.48. The quantitative estimate of drug-likeness (QED) is 0.573. The summed E-state index contributed by atoms with van der Waals surface area (Å²) in [6.07, 6.45) is 2.09. The van der Waals surface area contributed by atoms with Crippen LogP contribution in [-0.2, 0) is 0 Å². The van der Waals surface area contributed by atoms with Gasteiger partial charge in [-0.05, 0) is 43.7 Å². The molecule has 0 unspecified atom stereocenters. The number of hydrogen-bond acceptors (Lipinski definition) is 4. The molecule has 1 aliphatic heterocycles. The summed E-state index contributed by atoms with van der Waals surface area (Å²) in [5.41, 5.74) is 4.61. The fourth-order valence-electron chi connectivity index (χ4n) is 3.79. The third kappa shape index (κ3) is 4.90. The molecule has 2 aromatic carbocycles. The predicted octanol–water partition coefficient (Wildman–Crippen LogP) is 4.53. The molecule has 0 bridgehead atoms. The number of aromatic amines is 1. The maximum atomic E-state index is 13.0. The topological polar surface area (TPSA) is 61.5 Å². The van der Waals surface area contributed by atoms with Gasteiger partial charge in [-0.25, -0.2) is 0 Å². The van der Waals surface area contributed by atoms with Crippen LogP contribution in [0.25, 0.3) is 11.3 Å². The largest absolute Gasteiger partial charge is 0.493 e. The van der Waals surface area contributed by atoms with Crippen LogP contribution in [0.3, 0.4) is 0 Å². The number of anilines is 1. The molecule has 0 saturated carbocycles. The van der Waals surface area contributed by atoms with Crippen LogP contribution in [-0.4, -0.2) is 53.8 Å². The van der Waals surface area contributed by atoms with Crippen LogP contribution in [0, 0.1) is 6.92 Å². The van der Waals surface area contributed by atoms with Crippen LogP contribution in [0.4, 0.5) is 5.69 Å². The van der Waals surface area contributed by atoms with E-state index in [1.54, 1.807) is 0 Å². The number of unbranched alkanes of at least 4 members (excludes halogenated alkanes) is 1. The van der Waals surface area contributed by atoms with E-state index < -0.39 is 0 Å². The van der Waals surface area contributed by atoms with Gasteiger partial charge < -0.3 is 14.5 Å². The second-order valence-electron chi connectivity index (χ2n) is 7.98. The van der Waals surface area contributed by atoms with Gasteiger partial charge in [-0.2, -0.15) is 5.10 Å². The third-order valence-corrected chi connectivity index (χ3v) is 5.69. The number of carbonyl (C=O) groups is 1. The Kier molecular flexibility index (Phi) is 6.55. The number of piperazine rings is 1. The van der Waals surface area contributed by atoms with Crippen molar-refractivity contribution in [3.63, 3.8) is 0 Å². The number of rotatable bonds is 7. The van der Waals surface area contributed by atoms with Crippen molar-refractivity contribution >= 4 is 11.6 Å². The van der Waals surface area contributed by atoms with E-state index in [1.165, 1.54) is 11.3 Å². The lowest BCUT2D eigenvalue weighted by molar-refractivity contribution is 0.0741. The fraction of sp³-hybridized carbons (Fsp3) is 0.360. The van der Waals surface area contributed by atoms with Crippen molar-refractivity contribution in [2.45, 2.75) is 26.7 Å². The zero-order valence-electron chi connectivity index (χ0n) is 18.3. The number of ether oxygens (including phenoxy) is 1. The van der Waals surface area contributed by atoms with Crippen LogP contribution in [0.2, 0.25) is 0 Å². The minimum absolute atomic E-state index is 0.00770. The zero-order chi connectivity index (χ0) is 21.6. The van der Waals surface area contributed by atoms with Crippen molar-refractivity contribution < 1.29 is 9.53 Å². The molecular weight excluding hydrogens is 388 g/mol. The summed E-state index contributed by atoms with van der Waals surface area (Å²) in [6.45, 7) is 7.94. The van der Waals surface area contributed by atoms with Gasteiger partial charge >= 0.3 is 0 Å². The highest BCUT2D eigenvalue weighted by Crippen LogP contribution is 2.29. The van der Waals surface area contributed by atoms with E-state index in [2.05, 4.69) is 53.2 Å². The number of aryl methyl sites for hydroxylation is 1. The van der Waals surface area contributed by atoms with Crippen molar-refractivity contribution in [2.75, 3.05) is 37.7 Å². The molecule has 1 N–H and O–H groups in total. The Morgan fingerprint density at radius 1 is 1.06 bits per heavy atom. The Morgan fingerprint density at radius 3 is 2.55 bits per heavy atom. The first-order chi connectivity index (χ1) is 15.2. The second kappa shape index (κ2) is 9.69. The number of para-hydroxylation sites is 1. The van der Waals surface area contributed by atoms with Gasteiger partial charge in [-0.1, -0.05) is 43.2 Å². The summed E-state index contributed by atoms with van der Waals surface area (Å²) in [5.74, 6) is 0.792. The third-order valence-electron chi connectivity index (χ3n) is 5.69. The van der Waals surface area contributed by atoms with Crippen molar-refractivity contribution in [3.8, 4) is 17.0 Å². The molecule has 1 saturated heterocycles. The van der Waals surface area contributed by atoms with Gasteiger partial charge in [0.15, 0.2) is 0 Å². The lowest BCUT2D eigenvalue weighted by Gasteiger charge is -2.36.